The first-order valence-corrected chi connectivity index (χ1v) is 15.4. The van der Waals surface area contributed by atoms with Gasteiger partial charge < -0.3 is 10.2 Å². The van der Waals surface area contributed by atoms with Gasteiger partial charge in [-0.1, -0.05) is 85.0 Å². The van der Waals surface area contributed by atoms with Crippen LogP contribution in [0, 0.1) is 13.8 Å². The maximum Gasteiger partial charge on any atom is 0.264 e. The molecule has 0 aliphatic heterocycles. The summed E-state index contributed by atoms with van der Waals surface area (Å²) >= 11 is 0. The molecule has 0 radical (unpaired) electrons. The van der Waals surface area contributed by atoms with Crippen molar-refractivity contribution in [1.29, 1.82) is 0 Å². The summed E-state index contributed by atoms with van der Waals surface area (Å²) in [5, 5.41) is 3.13. The van der Waals surface area contributed by atoms with Gasteiger partial charge in [-0.2, -0.15) is 0 Å². The second-order valence-corrected chi connectivity index (χ2v) is 12.6. The van der Waals surface area contributed by atoms with Crippen LogP contribution in [-0.2, 0) is 26.2 Å². The van der Waals surface area contributed by atoms with Crippen LogP contribution in [-0.4, -0.2) is 43.8 Å². The predicted octanol–water partition coefficient (Wildman–Crippen LogP) is 5.36. The number of hydrogen-bond donors (Lipinski definition) is 1. The average Bonchev–Trinajstić information content (AvgIpc) is 2.95. The van der Waals surface area contributed by atoms with E-state index in [0.29, 0.717) is 5.69 Å². The van der Waals surface area contributed by atoms with Crippen molar-refractivity contribution in [2.24, 2.45) is 0 Å². The van der Waals surface area contributed by atoms with Gasteiger partial charge in [0.15, 0.2) is 0 Å². The maximum atomic E-state index is 14.0. The van der Waals surface area contributed by atoms with Gasteiger partial charge in [0.05, 0.1) is 10.6 Å². The topological polar surface area (TPSA) is 86.8 Å². The molecular weight excluding hydrogens is 522 g/mol. The van der Waals surface area contributed by atoms with E-state index in [1.54, 1.807) is 37.3 Å². The third-order valence-corrected chi connectivity index (χ3v) is 9.27. The summed E-state index contributed by atoms with van der Waals surface area (Å²) < 4.78 is 28.8. The lowest BCUT2D eigenvalue weighted by Crippen LogP contribution is -2.53. The molecule has 0 heterocycles. The molecule has 0 spiro atoms. The van der Waals surface area contributed by atoms with Crippen LogP contribution in [0.15, 0.2) is 83.8 Å². The number of anilines is 1. The Morgan fingerprint density at radius 1 is 0.875 bits per heavy atom. The lowest BCUT2D eigenvalue weighted by Gasteiger charge is -2.33. The van der Waals surface area contributed by atoms with E-state index in [1.165, 1.54) is 23.5 Å². The Bertz CT molecular complexity index is 1400. The standard InChI is InChI=1S/C32H39N3O4S/c1-24-17-19-29(20-18-24)35(40(38,39)30-15-8-5-9-16-30)23-31(36)34(22-27-12-10-11-25(2)21-27)26(3)32(37)33-28-13-6-4-7-14-28/h5,8-12,15-21,26,28H,4,6-7,13-14,22-23H2,1-3H3,(H,33,37)/t26-/m0/s1. The summed E-state index contributed by atoms with van der Waals surface area (Å²) in [6.45, 7) is 5.36. The highest BCUT2D eigenvalue weighted by molar-refractivity contribution is 7.92. The molecule has 3 aromatic rings. The molecule has 1 atom stereocenters. The summed E-state index contributed by atoms with van der Waals surface area (Å²) in [7, 11) is -4.06. The van der Waals surface area contributed by atoms with E-state index in [-0.39, 0.29) is 23.4 Å². The first kappa shape index (κ1) is 29.3. The minimum absolute atomic E-state index is 0.0942. The number of amides is 2. The van der Waals surface area contributed by atoms with E-state index in [0.717, 1.165) is 46.7 Å². The molecule has 1 fully saturated rings. The molecule has 1 saturated carbocycles. The molecule has 0 bridgehead atoms. The van der Waals surface area contributed by atoms with Gasteiger partial charge in [-0.15, -0.1) is 0 Å². The van der Waals surface area contributed by atoms with Crippen LogP contribution < -0.4 is 9.62 Å². The number of hydrogen-bond acceptors (Lipinski definition) is 4. The predicted molar refractivity (Wildman–Crippen MR) is 158 cm³/mol. The summed E-state index contributed by atoms with van der Waals surface area (Å²) in [6.07, 6.45) is 5.19. The molecule has 8 heteroatoms. The molecule has 2 amide bonds. The number of sulfonamides is 1. The van der Waals surface area contributed by atoms with Crippen molar-refractivity contribution in [3.8, 4) is 0 Å². The maximum absolute atomic E-state index is 14.0. The SMILES string of the molecule is Cc1ccc(N(CC(=O)N(Cc2cccc(C)c2)[C@@H](C)C(=O)NC2CCCCC2)S(=O)(=O)c2ccccc2)cc1. The number of carbonyl (C=O) groups excluding carboxylic acids is 2. The quantitative estimate of drug-likeness (QED) is 0.361. The molecule has 0 aromatic heterocycles. The van der Waals surface area contributed by atoms with Crippen LogP contribution >= 0.6 is 0 Å². The number of aryl methyl sites for hydroxylation is 2. The highest BCUT2D eigenvalue weighted by atomic mass is 32.2. The first-order valence-electron chi connectivity index (χ1n) is 13.9. The van der Waals surface area contributed by atoms with Crippen LogP contribution in [0.2, 0.25) is 0 Å². The van der Waals surface area contributed by atoms with Crippen LogP contribution in [0.5, 0.6) is 0 Å². The van der Waals surface area contributed by atoms with E-state index >= 15 is 0 Å². The molecule has 1 aliphatic carbocycles. The number of carbonyl (C=O) groups is 2. The fourth-order valence-corrected chi connectivity index (χ4v) is 6.55. The zero-order chi connectivity index (χ0) is 28.7. The average molecular weight is 562 g/mol. The zero-order valence-electron chi connectivity index (χ0n) is 23.5. The molecule has 3 aromatic carbocycles. The summed E-state index contributed by atoms with van der Waals surface area (Å²) in [5.41, 5.74) is 3.27. The van der Waals surface area contributed by atoms with E-state index in [9.17, 15) is 18.0 Å². The highest BCUT2D eigenvalue weighted by Gasteiger charge is 2.33. The lowest BCUT2D eigenvalue weighted by molar-refractivity contribution is -0.139. The Kier molecular flexibility index (Phi) is 9.63. The number of nitrogens with one attached hydrogen (secondary N) is 1. The largest absolute Gasteiger partial charge is 0.352 e. The monoisotopic (exact) mass is 561 g/mol. The van der Waals surface area contributed by atoms with Gasteiger partial charge in [0, 0.05) is 12.6 Å². The molecule has 0 unspecified atom stereocenters. The van der Waals surface area contributed by atoms with E-state index in [1.807, 2.05) is 50.2 Å². The summed E-state index contributed by atoms with van der Waals surface area (Å²) in [4.78, 5) is 29.0. The zero-order valence-corrected chi connectivity index (χ0v) is 24.4. The fraction of sp³-hybridized carbons (Fsp3) is 0.375. The van der Waals surface area contributed by atoms with E-state index in [2.05, 4.69) is 5.32 Å². The van der Waals surface area contributed by atoms with Gasteiger partial charge in [-0.25, -0.2) is 8.42 Å². The molecular formula is C32H39N3O4S. The minimum atomic E-state index is -4.06. The van der Waals surface area contributed by atoms with Crippen molar-refractivity contribution in [2.45, 2.75) is 76.4 Å². The summed E-state index contributed by atoms with van der Waals surface area (Å²) in [6, 6.07) is 22.2. The Balaban J connectivity index is 1.66. The number of rotatable bonds is 10. The Morgan fingerprint density at radius 2 is 1.55 bits per heavy atom. The first-order chi connectivity index (χ1) is 19.1. The van der Waals surface area contributed by atoms with Crippen molar-refractivity contribution >= 4 is 27.5 Å². The second-order valence-electron chi connectivity index (χ2n) is 10.7. The van der Waals surface area contributed by atoms with Gasteiger partial charge in [0.1, 0.15) is 12.6 Å². The lowest BCUT2D eigenvalue weighted by atomic mass is 9.95. The highest BCUT2D eigenvalue weighted by Crippen LogP contribution is 2.25. The van der Waals surface area contributed by atoms with Gasteiger partial charge in [0.2, 0.25) is 11.8 Å². The molecule has 1 aliphatic rings. The van der Waals surface area contributed by atoms with Crippen LogP contribution in [0.4, 0.5) is 5.69 Å². The van der Waals surface area contributed by atoms with Crippen molar-refractivity contribution in [3.05, 3.63) is 95.6 Å². The van der Waals surface area contributed by atoms with Crippen molar-refractivity contribution in [2.75, 3.05) is 10.8 Å². The van der Waals surface area contributed by atoms with Gasteiger partial charge in [-0.05, 0) is 63.4 Å². The fourth-order valence-electron chi connectivity index (χ4n) is 5.12. The van der Waals surface area contributed by atoms with Crippen molar-refractivity contribution < 1.29 is 18.0 Å². The second kappa shape index (κ2) is 13.1. The van der Waals surface area contributed by atoms with Crippen molar-refractivity contribution in [1.82, 2.24) is 10.2 Å². The van der Waals surface area contributed by atoms with Crippen LogP contribution in [0.1, 0.15) is 55.7 Å². The van der Waals surface area contributed by atoms with Gasteiger partial charge in [-0.3, -0.25) is 13.9 Å². The smallest absolute Gasteiger partial charge is 0.264 e. The molecule has 1 N–H and O–H groups in total. The van der Waals surface area contributed by atoms with Gasteiger partial charge >= 0.3 is 0 Å². The van der Waals surface area contributed by atoms with Crippen LogP contribution in [0.25, 0.3) is 0 Å². The number of benzene rings is 3. The molecule has 40 heavy (non-hydrogen) atoms. The third-order valence-electron chi connectivity index (χ3n) is 7.49. The van der Waals surface area contributed by atoms with Crippen molar-refractivity contribution in [3.63, 3.8) is 0 Å². The molecule has 212 valence electrons. The Labute approximate surface area is 238 Å². The normalized spacial score (nSPS) is 14.8. The summed E-state index contributed by atoms with van der Waals surface area (Å²) in [5.74, 6) is -0.673. The molecule has 4 rings (SSSR count). The Morgan fingerprint density at radius 3 is 2.20 bits per heavy atom. The minimum Gasteiger partial charge on any atom is -0.352 e. The third kappa shape index (κ3) is 7.30. The van der Waals surface area contributed by atoms with Gasteiger partial charge in [0.25, 0.3) is 10.0 Å². The van der Waals surface area contributed by atoms with E-state index < -0.39 is 28.5 Å². The Hall–Kier alpha value is -3.65. The van der Waals surface area contributed by atoms with Crippen LogP contribution in [0.3, 0.4) is 0 Å². The molecule has 7 nitrogen and oxygen atoms in total. The molecule has 0 saturated heterocycles. The van der Waals surface area contributed by atoms with E-state index in [4.69, 9.17) is 0 Å². The number of nitrogens with zero attached hydrogens (tertiary/aromatic N) is 2.